The quantitative estimate of drug-likeness (QED) is 0.619. The van der Waals surface area contributed by atoms with Gasteiger partial charge in [0.25, 0.3) is 5.91 Å². The van der Waals surface area contributed by atoms with Gasteiger partial charge in [0.2, 0.25) is 16.2 Å². The van der Waals surface area contributed by atoms with Crippen LogP contribution in [0.15, 0.2) is 30.3 Å². The molecule has 2 amide bonds. The first-order valence-corrected chi connectivity index (χ1v) is 11.0. The minimum absolute atomic E-state index is 0.136. The van der Waals surface area contributed by atoms with Crippen LogP contribution in [0.1, 0.15) is 52.5 Å². The smallest absolute Gasteiger partial charge is 0.257 e. The van der Waals surface area contributed by atoms with Crippen LogP contribution in [-0.2, 0) is 11.2 Å². The zero-order chi connectivity index (χ0) is 20.2. The lowest BCUT2D eigenvalue weighted by Gasteiger charge is -2.06. The van der Waals surface area contributed by atoms with Gasteiger partial charge in [0.05, 0.1) is 0 Å². The lowest BCUT2D eigenvalue weighted by molar-refractivity contribution is -0.114. The van der Waals surface area contributed by atoms with Crippen LogP contribution in [0.4, 0.5) is 10.3 Å². The molecule has 1 saturated carbocycles. The van der Waals surface area contributed by atoms with Crippen molar-refractivity contribution in [2.45, 2.75) is 38.5 Å². The van der Waals surface area contributed by atoms with Crippen molar-refractivity contribution in [1.29, 1.82) is 0 Å². The maximum absolute atomic E-state index is 12.2. The van der Waals surface area contributed by atoms with E-state index < -0.39 is 0 Å². The molecule has 2 N–H and O–H groups in total. The molecule has 2 atom stereocenters. The Bertz CT molecular complexity index is 1000. The molecule has 8 nitrogen and oxygen atoms in total. The van der Waals surface area contributed by atoms with Crippen LogP contribution in [0.2, 0.25) is 0 Å². The van der Waals surface area contributed by atoms with Crippen molar-refractivity contribution in [3.63, 3.8) is 0 Å². The number of amides is 2. The molecular formula is C19H20N6O2S2. The Hall–Kier alpha value is -2.72. The van der Waals surface area contributed by atoms with Gasteiger partial charge >= 0.3 is 0 Å². The Kier molecular flexibility index (Phi) is 5.91. The second-order valence-electron chi connectivity index (χ2n) is 7.03. The van der Waals surface area contributed by atoms with E-state index in [0.717, 1.165) is 35.7 Å². The predicted molar refractivity (Wildman–Crippen MR) is 112 cm³/mol. The van der Waals surface area contributed by atoms with E-state index >= 15 is 0 Å². The number of nitrogens with one attached hydrogen (secondary N) is 2. The Morgan fingerprint density at radius 2 is 1.76 bits per heavy atom. The van der Waals surface area contributed by atoms with Gasteiger partial charge in [-0.25, -0.2) is 0 Å². The zero-order valence-corrected chi connectivity index (χ0v) is 17.4. The maximum atomic E-state index is 12.2. The summed E-state index contributed by atoms with van der Waals surface area (Å²) in [4.78, 5) is 23.4. The van der Waals surface area contributed by atoms with Gasteiger partial charge in [-0.3, -0.25) is 14.9 Å². The van der Waals surface area contributed by atoms with E-state index in [1.807, 2.05) is 18.2 Å². The van der Waals surface area contributed by atoms with E-state index in [2.05, 4.69) is 31.0 Å². The second kappa shape index (κ2) is 8.75. The van der Waals surface area contributed by atoms with Gasteiger partial charge in [-0.2, -0.15) is 0 Å². The highest BCUT2D eigenvalue weighted by Crippen LogP contribution is 2.41. The number of aromatic nitrogens is 4. The molecule has 0 radical (unpaired) electrons. The molecule has 0 aliphatic heterocycles. The summed E-state index contributed by atoms with van der Waals surface area (Å²) in [5, 5.41) is 25.1. The van der Waals surface area contributed by atoms with E-state index in [1.54, 1.807) is 12.1 Å². The largest absolute Gasteiger partial charge is 0.301 e. The van der Waals surface area contributed by atoms with Crippen LogP contribution < -0.4 is 10.6 Å². The molecule has 0 saturated heterocycles. The summed E-state index contributed by atoms with van der Waals surface area (Å²) in [6.07, 6.45) is 3.99. The number of nitrogens with zero attached hydrogens (tertiary/aromatic N) is 4. The lowest BCUT2D eigenvalue weighted by atomic mass is 10.0. The first kappa shape index (κ1) is 19.6. The van der Waals surface area contributed by atoms with Crippen molar-refractivity contribution >= 4 is 44.8 Å². The molecule has 4 rings (SSSR count). The summed E-state index contributed by atoms with van der Waals surface area (Å²) in [7, 11) is 0. The Morgan fingerprint density at radius 3 is 2.55 bits per heavy atom. The van der Waals surface area contributed by atoms with Crippen molar-refractivity contribution < 1.29 is 9.59 Å². The third kappa shape index (κ3) is 5.01. The number of carbonyl (C=O) groups excluding carboxylic acids is 2. The Balaban J connectivity index is 1.31. The number of rotatable bonds is 6. The monoisotopic (exact) mass is 428 g/mol. The molecule has 1 aromatic carbocycles. The van der Waals surface area contributed by atoms with E-state index in [0.29, 0.717) is 27.7 Å². The normalized spacial score (nSPS) is 18.5. The zero-order valence-electron chi connectivity index (χ0n) is 15.8. The molecule has 10 heteroatoms. The van der Waals surface area contributed by atoms with Gasteiger partial charge in [0, 0.05) is 24.8 Å². The first-order chi connectivity index (χ1) is 14.1. The lowest BCUT2D eigenvalue weighted by Crippen LogP contribution is -2.11. The van der Waals surface area contributed by atoms with Gasteiger partial charge in [-0.15, -0.1) is 20.4 Å². The molecule has 29 heavy (non-hydrogen) atoms. The predicted octanol–water partition coefficient (Wildman–Crippen LogP) is 3.73. The second-order valence-corrected chi connectivity index (χ2v) is 9.10. The molecule has 2 heterocycles. The highest BCUT2D eigenvalue weighted by molar-refractivity contribution is 7.15. The third-order valence-corrected chi connectivity index (χ3v) is 6.66. The van der Waals surface area contributed by atoms with Gasteiger partial charge in [0.15, 0.2) is 0 Å². The van der Waals surface area contributed by atoms with Crippen molar-refractivity contribution in [2.24, 2.45) is 5.92 Å². The van der Waals surface area contributed by atoms with Crippen LogP contribution in [-0.4, -0.2) is 32.2 Å². The average molecular weight is 429 g/mol. The van der Waals surface area contributed by atoms with Gasteiger partial charge in [0.1, 0.15) is 10.0 Å². The van der Waals surface area contributed by atoms with Crippen molar-refractivity contribution in [3.8, 4) is 0 Å². The van der Waals surface area contributed by atoms with Crippen LogP contribution in [0.25, 0.3) is 0 Å². The van der Waals surface area contributed by atoms with Gasteiger partial charge < -0.3 is 5.32 Å². The summed E-state index contributed by atoms with van der Waals surface area (Å²) in [5.74, 6) is 0.549. The number of hydrogen-bond acceptors (Lipinski definition) is 8. The summed E-state index contributed by atoms with van der Waals surface area (Å²) >= 11 is 2.87. The molecule has 1 aliphatic carbocycles. The molecule has 2 aromatic heterocycles. The maximum Gasteiger partial charge on any atom is 0.257 e. The van der Waals surface area contributed by atoms with Crippen molar-refractivity contribution in [1.82, 2.24) is 20.4 Å². The summed E-state index contributed by atoms with van der Waals surface area (Å²) in [6, 6.07) is 9.06. The SMILES string of the molecule is CC(=O)Nc1nnc([C@@H]2CCC(Cc3nnc(NC(=O)c4ccccc4)s3)C2)s1. The fraction of sp³-hybridized carbons (Fsp3) is 0.368. The van der Waals surface area contributed by atoms with Crippen LogP contribution in [0.5, 0.6) is 0 Å². The van der Waals surface area contributed by atoms with Crippen LogP contribution in [0.3, 0.4) is 0 Å². The van der Waals surface area contributed by atoms with Crippen LogP contribution in [0, 0.1) is 5.92 Å². The Labute approximate surface area is 175 Å². The van der Waals surface area contributed by atoms with Gasteiger partial charge in [-0.05, 0) is 37.3 Å². The molecule has 1 unspecified atom stereocenters. The number of carbonyl (C=O) groups is 2. The van der Waals surface area contributed by atoms with Crippen molar-refractivity contribution in [3.05, 3.63) is 45.9 Å². The molecular weight excluding hydrogens is 408 g/mol. The number of benzene rings is 1. The molecule has 0 bridgehead atoms. The minimum Gasteiger partial charge on any atom is -0.301 e. The molecule has 1 aliphatic rings. The molecule has 150 valence electrons. The van der Waals surface area contributed by atoms with E-state index in [-0.39, 0.29) is 11.8 Å². The Morgan fingerprint density at radius 1 is 1.00 bits per heavy atom. The van der Waals surface area contributed by atoms with Gasteiger partial charge in [-0.1, -0.05) is 40.9 Å². The van der Waals surface area contributed by atoms with Crippen LogP contribution >= 0.6 is 22.7 Å². The average Bonchev–Trinajstić information content (AvgIpc) is 3.44. The summed E-state index contributed by atoms with van der Waals surface area (Å²) in [5.41, 5.74) is 0.596. The fourth-order valence-corrected chi connectivity index (χ4v) is 5.26. The minimum atomic E-state index is -0.180. The topological polar surface area (TPSA) is 110 Å². The molecule has 1 fully saturated rings. The molecule has 3 aromatic rings. The number of hydrogen-bond donors (Lipinski definition) is 2. The fourth-order valence-electron chi connectivity index (χ4n) is 3.48. The third-order valence-electron chi connectivity index (χ3n) is 4.80. The van der Waals surface area contributed by atoms with Crippen molar-refractivity contribution in [2.75, 3.05) is 10.6 Å². The highest BCUT2D eigenvalue weighted by Gasteiger charge is 2.29. The number of anilines is 2. The summed E-state index contributed by atoms with van der Waals surface area (Å²) in [6.45, 7) is 1.46. The highest BCUT2D eigenvalue weighted by atomic mass is 32.1. The van der Waals surface area contributed by atoms with E-state index in [4.69, 9.17) is 0 Å². The van der Waals surface area contributed by atoms with E-state index in [1.165, 1.54) is 29.6 Å². The summed E-state index contributed by atoms with van der Waals surface area (Å²) < 4.78 is 0. The van der Waals surface area contributed by atoms with E-state index in [9.17, 15) is 9.59 Å². The standard InChI is InChI=1S/C19H20N6O2S2/c1-11(26)20-18-25-23-17(29-18)14-8-7-12(9-14)10-15-22-24-19(28-15)21-16(27)13-5-3-2-4-6-13/h2-6,12,14H,7-10H2,1H3,(H,20,25,26)(H,21,24,27)/t12?,14-/m1/s1. The first-order valence-electron chi connectivity index (χ1n) is 9.36. The molecule has 0 spiro atoms.